The molecule has 4 N–H and O–H groups in total. The number of sulfonamides is 1. The number of aliphatic hydroxyl groups excluding tert-OH is 1. The fourth-order valence-electron chi connectivity index (χ4n) is 3.45. The van der Waals surface area contributed by atoms with Crippen LogP contribution in [-0.4, -0.2) is 54.1 Å². The van der Waals surface area contributed by atoms with Gasteiger partial charge < -0.3 is 15.7 Å². The maximum absolute atomic E-state index is 12.5. The third-order valence-electron chi connectivity index (χ3n) is 5.16. The van der Waals surface area contributed by atoms with Gasteiger partial charge in [0.2, 0.25) is 0 Å². The van der Waals surface area contributed by atoms with E-state index in [2.05, 4.69) is 20.6 Å². The second-order valence-corrected chi connectivity index (χ2v) is 9.47. The number of aliphatic hydroxyl groups is 1. The minimum Gasteiger partial charge on any atom is -0.393 e. The van der Waals surface area contributed by atoms with Crippen molar-refractivity contribution in [2.24, 2.45) is 0 Å². The molecule has 3 rings (SSSR count). The Bertz CT molecular complexity index is 1040. The Hall–Kier alpha value is -3.05. The van der Waals surface area contributed by atoms with Gasteiger partial charge in [0.15, 0.2) is 0 Å². The van der Waals surface area contributed by atoms with E-state index < -0.39 is 22.2 Å². The number of benzene rings is 1. The van der Waals surface area contributed by atoms with Crippen LogP contribution in [0, 0.1) is 6.92 Å². The first-order valence-electron chi connectivity index (χ1n) is 10.4. The van der Waals surface area contributed by atoms with Crippen molar-refractivity contribution >= 4 is 22.0 Å². The van der Waals surface area contributed by atoms with Gasteiger partial charge in [0, 0.05) is 18.8 Å². The van der Waals surface area contributed by atoms with Gasteiger partial charge in [-0.15, -0.1) is 0 Å². The van der Waals surface area contributed by atoms with Crippen LogP contribution in [-0.2, 0) is 16.4 Å². The van der Waals surface area contributed by atoms with Gasteiger partial charge in [-0.2, -0.15) is 0 Å². The van der Waals surface area contributed by atoms with Crippen molar-refractivity contribution in [3.05, 3.63) is 53.6 Å². The fraction of sp³-hybridized carbons (Fsp3) is 0.429. The van der Waals surface area contributed by atoms with Crippen LogP contribution in [0.5, 0.6) is 0 Å². The zero-order chi connectivity index (χ0) is 23.1. The van der Waals surface area contributed by atoms with Crippen molar-refractivity contribution in [2.45, 2.75) is 56.1 Å². The summed E-state index contributed by atoms with van der Waals surface area (Å²) in [5, 5.41) is 15.0. The first-order chi connectivity index (χ1) is 15.2. The van der Waals surface area contributed by atoms with Crippen LogP contribution in [0.3, 0.4) is 0 Å². The normalized spacial score (nSPS) is 18.6. The molecule has 1 aliphatic rings. The van der Waals surface area contributed by atoms with Crippen LogP contribution in [0.4, 0.5) is 4.79 Å². The molecule has 0 unspecified atom stereocenters. The number of aromatic nitrogens is 2. The van der Waals surface area contributed by atoms with Gasteiger partial charge in [0.25, 0.3) is 15.9 Å². The maximum atomic E-state index is 12.5. The van der Waals surface area contributed by atoms with E-state index in [1.54, 1.807) is 19.1 Å². The van der Waals surface area contributed by atoms with Crippen molar-refractivity contribution in [2.75, 3.05) is 6.54 Å². The number of hydrogen-bond acceptors (Lipinski definition) is 7. The highest BCUT2D eigenvalue weighted by Crippen LogP contribution is 2.18. The van der Waals surface area contributed by atoms with Crippen molar-refractivity contribution in [3.63, 3.8) is 0 Å². The Morgan fingerprint density at radius 3 is 2.53 bits per heavy atom. The number of aryl methyl sites for hydroxylation is 1. The number of amides is 3. The van der Waals surface area contributed by atoms with Gasteiger partial charge in [-0.1, -0.05) is 12.1 Å². The fourth-order valence-corrected chi connectivity index (χ4v) is 4.36. The van der Waals surface area contributed by atoms with E-state index in [0.717, 1.165) is 17.7 Å². The predicted molar refractivity (Wildman–Crippen MR) is 116 cm³/mol. The van der Waals surface area contributed by atoms with Crippen molar-refractivity contribution in [3.8, 4) is 0 Å². The number of hydrogen-bond donors (Lipinski definition) is 4. The molecule has 1 aromatic carbocycles. The molecular weight excluding hydrogens is 434 g/mol. The van der Waals surface area contributed by atoms with E-state index in [1.807, 2.05) is 4.72 Å². The maximum Gasteiger partial charge on any atom is 0.328 e. The first kappa shape index (κ1) is 23.6. The molecular formula is C21H27N5O5S. The van der Waals surface area contributed by atoms with Gasteiger partial charge in [0.05, 0.1) is 22.9 Å². The zero-order valence-electron chi connectivity index (χ0n) is 17.7. The molecule has 0 radical (unpaired) electrons. The van der Waals surface area contributed by atoms with Gasteiger partial charge in [0.1, 0.15) is 5.69 Å². The number of nitrogens with one attached hydrogen (secondary N) is 3. The monoisotopic (exact) mass is 461 g/mol. The van der Waals surface area contributed by atoms with Gasteiger partial charge in [-0.05, 0) is 56.7 Å². The SMILES string of the molecule is Cc1cnc(C(=O)NCCc2ccc(S(=O)(=O)NC(=O)N[C@H]3CCC[C@@H](O)C3)cc2)cn1. The van der Waals surface area contributed by atoms with E-state index in [4.69, 9.17) is 0 Å². The van der Waals surface area contributed by atoms with Crippen LogP contribution in [0.25, 0.3) is 0 Å². The Labute approximate surface area is 186 Å². The van der Waals surface area contributed by atoms with Crippen molar-refractivity contribution in [1.82, 2.24) is 25.3 Å². The molecule has 10 nitrogen and oxygen atoms in total. The van der Waals surface area contributed by atoms with Crippen LogP contribution < -0.4 is 15.4 Å². The summed E-state index contributed by atoms with van der Waals surface area (Å²) in [7, 11) is -4.02. The number of nitrogens with zero attached hydrogens (tertiary/aromatic N) is 2. The molecule has 1 aromatic heterocycles. The Balaban J connectivity index is 1.48. The highest BCUT2D eigenvalue weighted by atomic mass is 32.2. The number of rotatable bonds is 7. The minimum absolute atomic E-state index is 0.0426. The molecule has 2 aromatic rings. The summed E-state index contributed by atoms with van der Waals surface area (Å²) in [6, 6.07) is 5.00. The molecule has 0 saturated heterocycles. The van der Waals surface area contributed by atoms with Crippen molar-refractivity contribution < 1.29 is 23.1 Å². The molecule has 32 heavy (non-hydrogen) atoms. The third kappa shape index (κ3) is 6.72. The average Bonchev–Trinajstić information content (AvgIpc) is 2.74. The largest absolute Gasteiger partial charge is 0.393 e. The summed E-state index contributed by atoms with van der Waals surface area (Å²) >= 11 is 0. The molecule has 172 valence electrons. The molecule has 0 bridgehead atoms. The summed E-state index contributed by atoms with van der Waals surface area (Å²) in [4.78, 5) is 32.1. The second-order valence-electron chi connectivity index (χ2n) is 7.79. The molecule has 3 amide bonds. The molecule has 11 heteroatoms. The van der Waals surface area contributed by atoms with Crippen LogP contribution in [0.2, 0.25) is 0 Å². The Kier molecular flexibility index (Phi) is 7.75. The zero-order valence-corrected chi connectivity index (χ0v) is 18.6. The molecule has 1 saturated carbocycles. The van der Waals surface area contributed by atoms with Crippen LogP contribution in [0.1, 0.15) is 47.4 Å². The summed E-state index contributed by atoms with van der Waals surface area (Å²) in [6.07, 6.45) is 5.51. The minimum atomic E-state index is -4.02. The van der Waals surface area contributed by atoms with Gasteiger partial charge in [-0.3, -0.25) is 9.78 Å². The summed E-state index contributed by atoms with van der Waals surface area (Å²) in [6.45, 7) is 2.12. The standard InChI is InChI=1S/C21H27N5O5S/c1-14-12-24-19(13-23-14)20(28)22-10-9-15-5-7-18(8-6-15)32(30,31)26-21(29)25-16-3-2-4-17(27)11-16/h5-8,12-13,16-17,27H,2-4,9-11H2,1H3,(H,22,28)(H2,25,26,29)/t16-,17+/m0/s1. The highest BCUT2D eigenvalue weighted by Gasteiger charge is 2.24. The topological polar surface area (TPSA) is 150 Å². The molecule has 0 aliphatic heterocycles. The predicted octanol–water partition coefficient (Wildman–Crippen LogP) is 1.05. The number of urea groups is 1. The number of carbonyl (C=O) groups excluding carboxylic acids is 2. The van der Waals surface area contributed by atoms with E-state index in [0.29, 0.717) is 32.2 Å². The Morgan fingerprint density at radius 1 is 1.12 bits per heavy atom. The van der Waals surface area contributed by atoms with Gasteiger partial charge in [-0.25, -0.2) is 22.9 Å². The van der Waals surface area contributed by atoms with Gasteiger partial charge >= 0.3 is 6.03 Å². The van der Waals surface area contributed by atoms with Crippen molar-refractivity contribution in [1.29, 1.82) is 0 Å². The highest BCUT2D eigenvalue weighted by molar-refractivity contribution is 7.90. The lowest BCUT2D eigenvalue weighted by molar-refractivity contribution is 0.0948. The molecule has 1 fully saturated rings. The second kappa shape index (κ2) is 10.5. The summed E-state index contributed by atoms with van der Waals surface area (Å²) in [5.41, 5.74) is 1.76. The smallest absolute Gasteiger partial charge is 0.328 e. The first-order valence-corrected chi connectivity index (χ1v) is 11.9. The quantitative estimate of drug-likeness (QED) is 0.481. The Morgan fingerprint density at radius 2 is 1.88 bits per heavy atom. The van der Waals surface area contributed by atoms with E-state index in [9.17, 15) is 23.1 Å². The molecule has 1 heterocycles. The molecule has 1 aliphatic carbocycles. The summed E-state index contributed by atoms with van der Waals surface area (Å²) in [5.74, 6) is -0.336. The lowest BCUT2D eigenvalue weighted by Gasteiger charge is -2.26. The van der Waals surface area contributed by atoms with Crippen LogP contribution in [0.15, 0.2) is 41.6 Å². The lowest BCUT2D eigenvalue weighted by Crippen LogP contribution is -2.46. The van der Waals surface area contributed by atoms with E-state index in [-0.39, 0.29) is 22.5 Å². The number of carbonyl (C=O) groups is 2. The molecule has 2 atom stereocenters. The average molecular weight is 462 g/mol. The summed E-state index contributed by atoms with van der Waals surface area (Å²) < 4.78 is 26.9. The van der Waals surface area contributed by atoms with E-state index >= 15 is 0 Å². The third-order valence-corrected chi connectivity index (χ3v) is 6.50. The molecule has 0 spiro atoms. The lowest BCUT2D eigenvalue weighted by atomic mass is 9.93. The van der Waals surface area contributed by atoms with Crippen LogP contribution >= 0.6 is 0 Å². The van der Waals surface area contributed by atoms with E-state index in [1.165, 1.54) is 24.5 Å².